The largest absolute Gasteiger partial charge is 0.477 e. The average Bonchev–Trinajstić information content (AvgIpc) is 0.756. The van der Waals surface area contributed by atoms with E-state index in [1.807, 2.05) is 0 Å². The van der Waals surface area contributed by atoms with Crippen LogP contribution in [0.25, 0.3) is 0 Å². The molecule has 3 fully saturated rings. The van der Waals surface area contributed by atoms with Crippen molar-refractivity contribution in [2.24, 2.45) is 0 Å². The average molecular weight is 1450 g/mol. The molecular formula is C78H144N2O21. The van der Waals surface area contributed by atoms with Gasteiger partial charge >= 0.3 is 5.97 Å². The first-order valence-electron chi connectivity index (χ1n) is 40.2. The summed E-state index contributed by atoms with van der Waals surface area (Å²) in [5.41, 5.74) is 0. The van der Waals surface area contributed by atoms with E-state index in [9.17, 15) is 75.7 Å². The second-order valence-corrected chi connectivity index (χ2v) is 29.3. The fraction of sp³-hybridized carbons (Fsp3) is 0.910. The summed E-state index contributed by atoms with van der Waals surface area (Å²) in [4.78, 5) is 38.7. The quantitative estimate of drug-likeness (QED) is 0.0199. The van der Waals surface area contributed by atoms with Gasteiger partial charge in [0.25, 0.3) is 5.79 Å². The zero-order valence-corrected chi connectivity index (χ0v) is 62.5. The number of unbranched alkanes of at least 4 members (excludes halogenated alkanes) is 39. The number of carboxylic acids is 1. The molecule has 0 radical (unpaired) electrons. The molecule has 0 aromatic carbocycles. The van der Waals surface area contributed by atoms with Gasteiger partial charge in [-0.25, -0.2) is 4.79 Å². The molecular weight excluding hydrogens is 1300 g/mol. The molecule has 3 saturated heterocycles. The highest BCUT2D eigenvalue weighted by Crippen LogP contribution is 2.39. The van der Waals surface area contributed by atoms with Crippen LogP contribution in [0.15, 0.2) is 24.3 Å². The van der Waals surface area contributed by atoms with Crippen molar-refractivity contribution in [2.45, 2.75) is 426 Å². The van der Waals surface area contributed by atoms with Crippen LogP contribution < -0.4 is 10.6 Å². The molecule has 0 spiro atoms. The van der Waals surface area contributed by atoms with Gasteiger partial charge in [0.15, 0.2) is 12.6 Å². The van der Waals surface area contributed by atoms with E-state index in [4.69, 9.17) is 28.4 Å². The molecule has 0 bridgehead atoms. The van der Waals surface area contributed by atoms with Gasteiger partial charge < -0.3 is 100 Å². The molecule has 3 aliphatic rings. The van der Waals surface area contributed by atoms with Crippen LogP contribution in [-0.4, -0.2) is 215 Å². The van der Waals surface area contributed by atoms with Gasteiger partial charge in [-0.15, -0.1) is 0 Å². The van der Waals surface area contributed by atoms with Crippen LogP contribution in [0.2, 0.25) is 0 Å². The monoisotopic (exact) mass is 1450 g/mol. The Hall–Kier alpha value is -2.79. The smallest absolute Gasteiger partial charge is 0.364 e. The number of carbonyl (C=O) groups is 3. The number of amides is 2. The second kappa shape index (κ2) is 57.4. The molecule has 3 aliphatic heterocycles. The number of aliphatic hydroxyl groups excluding tert-OH is 11. The Morgan fingerprint density at radius 2 is 0.950 bits per heavy atom. The number of ether oxygens (including phenoxy) is 6. The number of hydrogen-bond acceptors (Lipinski definition) is 20. The van der Waals surface area contributed by atoms with E-state index in [1.165, 1.54) is 205 Å². The Kier molecular flexibility index (Phi) is 52.5. The van der Waals surface area contributed by atoms with Crippen LogP contribution in [0.3, 0.4) is 0 Å². The Morgan fingerprint density at radius 1 is 0.515 bits per heavy atom. The summed E-state index contributed by atoms with van der Waals surface area (Å²) in [6.45, 7) is 2.23. The molecule has 3 heterocycles. The summed E-state index contributed by atoms with van der Waals surface area (Å²) >= 11 is 0. The fourth-order valence-electron chi connectivity index (χ4n) is 14.0. The van der Waals surface area contributed by atoms with Crippen molar-refractivity contribution in [3.05, 3.63) is 24.3 Å². The van der Waals surface area contributed by atoms with E-state index in [1.54, 1.807) is 0 Å². The van der Waals surface area contributed by atoms with Crippen LogP contribution >= 0.6 is 0 Å². The summed E-state index contributed by atoms with van der Waals surface area (Å²) in [6, 6.07) is -2.53. The van der Waals surface area contributed by atoms with Crippen LogP contribution in [0.1, 0.15) is 316 Å². The number of nitrogens with one attached hydrogen (secondary N) is 2. The van der Waals surface area contributed by atoms with Crippen molar-refractivity contribution in [3.8, 4) is 0 Å². The topological polar surface area (TPSA) is 373 Å². The molecule has 18 atom stereocenters. The molecule has 18 unspecified atom stereocenters. The number of aliphatic hydroxyl groups is 11. The van der Waals surface area contributed by atoms with Gasteiger partial charge in [0.1, 0.15) is 67.1 Å². The molecule has 2 amide bonds. The highest BCUT2D eigenvalue weighted by atomic mass is 16.8. The number of hydrogen-bond donors (Lipinski definition) is 14. The zero-order chi connectivity index (χ0) is 73.9. The van der Waals surface area contributed by atoms with Crippen molar-refractivity contribution >= 4 is 17.8 Å². The molecule has 23 heteroatoms. The number of aliphatic carboxylic acids is 1. The third-order valence-corrected chi connectivity index (χ3v) is 20.4. The number of carbonyl (C=O) groups excluding carboxylic acids is 2. The highest BCUT2D eigenvalue weighted by Gasteiger charge is 2.60. The maximum absolute atomic E-state index is 13.5. The lowest BCUT2D eigenvalue weighted by molar-refractivity contribution is -0.386. The summed E-state index contributed by atoms with van der Waals surface area (Å²) in [7, 11) is 0. The third-order valence-electron chi connectivity index (χ3n) is 20.4. The molecule has 14 N–H and O–H groups in total. The minimum absolute atomic E-state index is 0.225. The normalized spacial score (nSPS) is 26.9. The van der Waals surface area contributed by atoms with E-state index >= 15 is 0 Å². The summed E-state index contributed by atoms with van der Waals surface area (Å²) in [5.74, 6) is -6.10. The molecule has 23 nitrogen and oxygen atoms in total. The number of rotatable bonds is 63. The van der Waals surface area contributed by atoms with E-state index in [-0.39, 0.29) is 18.9 Å². The lowest BCUT2D eigenvalue weighted by Crippen LogP contribution is -2.70. The minimum Gasteiger partial charge on any atom is -0.477 e. The molecule has 0 aliphatic carbocycles. The molecule has 101 heavy (non-hydrogen) atoms. The van der Waals surface area contributed by atoms with Gasteiger partial charge in [-0.3, -0.25) is 9.59 Å². The van der Waals surface area contributed by atoms with Crippen molar-refractivity contribution in [2.75, 3.05) is 26.4 Å². The third kappa shape index (κ3) is 38.0. The predicted molar refractivity (Wildman–Crippen MR) is 389 cm³/mol. The molecule has 592 valence electrons. The first-order chi connectivity index (χ1) is 48.9. The number of allylic oxidation sites excluding steroid dienone is 4. The Labute approximate surface area is 606 Å². The molecule has 0 saturated carbocycles. The lowest BCUT2D eigenvalue weighted by atomic mass is 9.88. The Bertz CT molecular complexity index is 2110. The van der Waals surface area contributed by atoms with Gasteiger partial charge in [-0.1, -0.05) is 276 Å². The van der Waals surface area contributed by atoms with E-state index in [0.29, 0.717) is 19.3 Å². The number of carboxylic acid groups (broad SMARTS) is 1. The SMILES string of the molecule is CCCCCCCCCCC/C=C\C/C=C\CCCCCCCCCCCCCCCCCCCC(=O)NC(COC1OC(CO)C(OC2OC(CO)C(O)C(OC3(C(=O)O)CC(O)C(NC(C)=O)C(C(O)C(O)CO)O3)C2O)C(O)C1O)C(O)CCCCCCCCCCCCCCCC. The molecule has 3 rings (SSSR count). The standard InChI is InChI=1S/C78H144N2O21/c1-4-6-8-10-12-14-16-18-20-21-22-23-24-25-26-27-28-29-30-31-32-33-34-35-36-37-38-40-42-44-46-48-50-52-65(88)80-59(60(85)51-49-47-45-43-41-39-19-17-15-13-11-9-7-5-2)57-96-75-70(92)69(91)72(64(56-83)98-75)99-76-71(93)74(68(90)63(55-82)97-76)101-78(77(94)95)53-61(86)66(79-58(3)84)73(100-78)67(89)62(87)54-81/h22-23,25-26,59-64,66-76,81-83,85-87,89-93H,4-21,24,27-57H2,1-3H3,(H,79,84)(H,80,88)(H,94,95)/b23-22-,26-25-. The molecule has 0 aromatic heterocycles. The first kappa shape index (κ1) is 92.4. The van der Waals surface area contributed by atoms with Crippen molar-refractivity contribution < 1.29 is 104 Å². The zero-order valence-electron chi connectivity index (χ0n) is 62.5. The summed E-state index contributed by atoms with van der Waals surface area (Å²) in [6.07, 6.45) is 33.4. The summed E-state index contributed by atoms with van der Waals surface area (Å²) in [5, 5.41) is 136. The van der Waals surface area contributed by atoms with Gasteiger partial charge in [0, 0.05) is 19.8 Å². The predicted octanol–water partition coefficient (Wildman–Crippen LogP) is 10.4. The Balaban J connectivity index is 1.45. The van der Waals surface area contributed by atoms with Gasteiger partial charge in [-0.05, 0) is 44.9 Å². The van der Waals surface area contributed by atoms with Crippen molar-refractivity contribution in [1.29, 1.82) is 0 Å². The van der Waals surface area contributed by atoms with Crippen molar-refractivity contribution in [3.63, 3.8) is 0 Å². The summed E-state index contributed by atoms with van der Waals surface area (Å²) < 4.78 is 34.9. The van der Waals surface area contributed by atoms with E-state index in [0.717, 1.165) is 64.7 Å². The van der Waals surface area contributed by atoms with Gasteiger partial charge in [0.2, 0.25) is 11.8 Å². The maximum Gasteiger partial charge on any atom is 0.364 e. The second-order valence-electron chi connectivity index (χ2n) is 29.3. The van der Waals surface area contributed by atoms with Crippen LogP contribution in [0.5, 0.6) is 0 Å². The molecule has 0 aromatic rings. The van der Waals surface area contributed by atoms with E-state index < -0.39 is 148 Å². The first-order valence-corrected chi connectivity index (χ1v) is 40.2. The van der Waals surface area contributed by atoms with E-state index in [2.05, 4.69) is 48.8 Å². The maximum atomic E-state index is 13.5. The van der Waals surface area contributed by atoms with Crippen LogP contribution in [0, 0.1) is 0 Å². The van der Waals surface area contributed by atoms with Gasteiger partial charge in [-0.2, -0.15) is 0 Å². The lowest BCUT2D eigenvalue weighted by Gasteiger charge is -2.50. The van der Waals surface area contributed by atoms with Crippen molar-refractivity contribution in [1.82, 2.24) is 10.6 Å². The fourth-order valence-corrected chi connectivity index (χ4v) is 14.0. The minimum atomic E-state index is -3.08. The van der Waals surface area contributed by atoms with Crippen LogP contribution in [0.4, 0.5) is 0 Å². The van der Waals surface area contributed by atoms with Gasteiger partial charge in [0.05, 0.1) is 50.7 Å². The van der Waals surface area contributed by atoms with Crippen LogP contribution in [-0.2, 0) is 42.8 Å². The Morgan fingerprint density at radius 3 is 1.39 bits per heavy atom. The highest BCUT2D eigenvalue weighted by molar-refractivity contribution is 5.77.